The molecule has 118 valence electrons. The third-order valence-electron chi connectivity index (χ3n) is 2.92. The van der Waals surface area contributed by atoms with E-state index in [9.17, 15) is 9.59 Å². The van der Waals surface area contributed by atoms with E-state index in [1.54, 1.807) is 0 Å². The standard InChI is InChI=1S/C14H22N4O2.ClH/c15-8-11-18(10-7-13(19)17-14(16)20)9-6-12-4-2-1-3-5-12;/h1-5H,6-11,15H2,(H3,16,17,19,20);1H. The number of carbonyl (C=O) groups excluding carboxylic acids is 2. The van der Waals surface area contributed by atoms with E-state index in [4.69, 9.17) is 11.5 Å². The first-order valence-electron chi connectivity index (χ1n) is 6.67. The Balaban J connectivity index is 0.00000400. The number of hydrogen-bond acceptors (Lipinski definition) is 4. The van der Waals surface area contributed by atoms with Gasteiger partial charge in [-0.2, -0.15) is 0 Å². The van der Waals surface area contributed by atoms with Crippen molar-refractivity contribution in [3.8, 4) is 0 Å². The maximum atomic E-state index is 11.4. The van der Waals surface area contributed by atoms with Crippen molar-refractivity contribution in [3.05, 3.63) is 35.9 Å². The number of primary amides is 1. The van der Waals surface area contributed by atoms with Gasteiger partial charge in [0, 0.05) is 32.6 Å². The molecule has 0 saturated heterocycles. The second-order valence-electron chi connectivity index (χ2n) is 4.53. The van der Waals surface area contributed by atoms with Gasteiger partial charge in [-0.1, -0.05) is 30.3 Å². The van der Waals surface area contributed by atoms with Crippen LogP contribution in [0.25, 0.3) is 0 Å². The zero-order chi connectivity index (χ0) is 14.8. The lowest BCUT2D eigenvalue weighted by molar-refractivity contribution is -0.120. The van der Waals surface area contributed by atoms with E-state index >= 15 is 0 Å². The molecule has 5 N–H and O–H groups in total. The second-order valence-corrected chi connectivity index (χ2v) is 4.53. The maximum absolute atomic E-state index is 11.4. The second kappa shape index (κ2) is 11.1. The molecule has 1 aromatic carbocycles. The largest absolute Gasteiger partial charge is 0.351 e. The van der Waals surface area contributed by atoms with Gasteiger partial charge in [0.25, 0.3) is 0 Å². The number of rotatable bonds is 8. The Hall–Kier alpha value is -1.63. The van der Waals surface area contributed by atoms with Crippen LogP contribution in [0, 0.1) is 0 Å². The summed E-state index contributed by atoms with van der Waals surface area (Å²) in [6.07, 6.45) is 1.13. The molecule has 0 atom stereocenters. The molecule has 0 aliphatic rings. The Morgan fingerprint density at radius 3 is 2.33 bits per heavy atom. The lowest BCUT2D eigenvalue weighted by atomic mass is 10.1. The predicted molar refractivity (Wildman–Crippen MR) is 85.2 cm³/mol. The van der Waals surface area contributed by atoms with E-state index in [0.29, 0.717) is 13.1 Å². The minimum absolute atomic E-state index is 0. The third kappa shape index (κ3) is 9.01. The van der Waals surface area contributed by atoms with Crippen LogP contribution in [0.3, 0.4) is 0 Å². The van der Waals surface area contributed by atoms with E-state index < -0.39 is 6.03 Å². The van der Waals surface area contributed by atoms with Crippen molar-refractivity contribution >= 4 is 24.3 Å². The highest BCUT2D eigenvalue weighted by atomic mass is 35.5. The summed E-state index contributed by atoms with van der Waals surface area (Å²) < 4.78 is 0. The van der Waals surface area contributed by atoms with Crippen molar-refractivity contribution in [1.82, 2.24) is 10.2 Å². The highest BCUT2D eigenvalue weighted by molar-refractivity contribution is 5.93. The zero-order valence-electron chi connectivity index (χ0n) is 12.0. The topological polar surface area (TPSA) is 101 Å². The number of benzene rings is 1. The van der Waals surface area contributed by atoms with Crippen LogP contribution in [0.15, 0.2) is 30.3 Å². The number of amides is 3. The fourth-order valence-electron chi connectivity index (χ4n) is 1.91. The lowest BCUT2D eigenvalue weighted by Crippen LogP contribution is -2.38. The molecule has 0 aromatic heterocycles. The van der Waals surface area contributed by atoms with Crippen molar-refractivity contribution < 1.29 is 9.59 Å². The van der Waals surface area contributed by atoms with Crippen LogP contribution in [0.1, 0.15) is 12.0 Å². The quantitative estimate of drug-likeness (QED) is 0.650. The predicted octanol–water partition coefficient (Wildman–Crippen LogP) is 0.497. The van der Waals surface area contributed by atoms with E-state index in [1.165, 1.54) is 5.56 Å². The van der Waals surface area contributed by atoms with Gasteiger partial charge in [-0.3, -0.25) is 10.1 Å². The minimum Gasteiger partial charge on any atom is -0.351 e. The SMILES string of the molecule is Cl.NCCN(CCC(=O)NC(N)=O)CCc1ccccc1. The van der Waals surface area contributed by atoms with E-state index in [0.717, 1.165) is 19.5 Å². The Kier molecular flexibility index (Phi) is 10.2. The van der Waals surface area contributed by atoms with Gasteiger partial charge in [0.1, 0.15) is 0 Å². The van der Waals surface area contributed by atoms with Gasteiger partial charge in [0.05, 0.1) is 0 Å². The monoisotopic (exact) mass is 314 g/mol. The Morgan fingerprint density at radius 1 is 1.10 bits per heavy atom. The molecule has 0 bridgehead atoms. The van der Waals surface area contributed by atoms with Gasteiger partial charge in [0.15, 0.2) is 0 Å². The molecule has 0 aliphatic carbocycles. The molecule has 7 heteroatoms. The van der Waals surface area contributed by atoms with Crippen molar-refractivity contribution in [2.75, 3.05) is 26.2 Å². The van der Waals surface area contributed by atoms with Crippen LogP contribution in [-0.4, -0.2) is 43.0 Å². The summed E-state index contributed by atoms with van der Waals surface area (Å²) >= 11 is 0. The number of halogens is 1. The number of nitrogens with zero attached hydrogens (tertiary/aromatic N) is 1. The fourth-order valence-corrected chi connectivity index (χ4v) is 1.91. The number of carbonyl (C=O) groups is 2. The molecule has 0 spiro atoms. The summed E-state index contributed by atoms with van der Waals surface area (Å²) in [5, 5.41) is 2.06. The van der Waals surface area contributed by atoms with Gasteiger partial charge in [-0.15, -0.1) is 12.4 Å². The molecule has 1 aromatic rings. The zero-order valence-corrected chi connectivity index (χ0v) is 12.8. The summed E-state index contributed by atoms with van der Waals surface area (Å²) in [6, 6.07) is 9.31. The minimum atomic E-state index is -0.815. The van der Waals surface area contributed by atoms with Crippen LogP contribution in [-0.2, 0) is 11.2 Å². The molecule has 0 aliphatic heterocycles. The van der Waals surface area contributed by atoms with E-state index in [2.05, 4.69) is 22.3 Å². The van der Waals surface area contributed by atoms with Gasteiger partial charge >= 0.3 is 6.03 Å². The number of nitrogens with one attached hydrogen (secondary N) is 1. The molecule has 0 unspecified atom stereocenters. The lowest BCUT2D eigenvalue weighted by Gasteiger charge is -2.21. The van der Waals surface area contributed by atoms with Crippen LogP contribution in [0.4, 0.5) is 4.79 Å². The number of urea groups is 1. The number of hydrogen-bond donors (Lipinski definition) is 3. The van der Waals surface area contributed by atoms with Crippen LogP contribution in [0.2, 0.25) is 0 Å². The molecule has 1 rings (SSSR count). The normalized spacial score (nSPS) is 10.0. The summed E-state index contributed by atoms with van der Waals surface area (Å²) in [5.41, 5.74) is 11.7. The average molecular weight is 315 g/mol. The summed E-state index contributed by atoms with van der Waals surface area (Å²) in [7, 11) is 0. The number of imide groups is 1. The first-order chi connectivity index (χ1) is 9.61. The van der Waals surface area contributed by atoms with Crippen molar-refractivity contribution in [2.45, 2.75) is 12.8 Å². The van der Waals surface area contributed by atoms with Crippen LogP contribution < -0.4 is 16.8 Å². The van der Waals surface area contributed by atoms with Crippen molar-refractivity contribution in [2.24, 2.45) is 11.5 Å². The Bertz CT molecular complexity index is 428. The maximum Gasteiger partial charge on any atom is 0.318 e. The first kappa shape index (κ1) is 19.4. The third-order valence-corrected chi connectivity index (χ3v) is 2.92. The van der Waals surface area contributed by atoms with Crippen molar-refractivity contribution in [3.63, 3.8) is 0 Å². The molecule has 3 amide bonds. The summed E-state index contributed by atoms with van der Waals surface area (Å²) in [5.74, 6) is -0.362. The first-order valence-corrected chi connectivity index (χ1v) is 6.67. The molecule has 21 heavy (non-hydrogen) atoms. The van der Waals surface area contributed by atoms with Gasteiger partial charge in [-0.05, 0) is 12.0 Å². The van der Waals surface area contributed by atoms with Crippen molar-refractivity contribution in [1.29, 1.82) is 0 Å². The van der Waals surface area contributed by atoms with Gasteiger partial charge in [-0.25, -0.2) is 4.79 Å². The summed E-state index contributed by atoms with van der Waals surface area (Å²) in [6.45, 7) is 2.64. The van der Waals surface area contributed by atoms with Crippen LogP contribution in [0.5, 0.6) is 0 Å². The molecule has 0 fully saturated rings. The molecular weight excluding hydrogens is 292 g/mol. The molecule has 0 heterocycles. The molecule has 6 nitrogen and oxygen atoms in total. The van der Waals surface area contributed by atoms with Gasteiger partial charge < -0.3 is 16.4 Å². The Morgan fingerprint density at radius 2 is 1.76 bits per heavy atom. The van der Waals surface area contributed by atoms with Crippen LogP contribution >= 0.6 is 12.4 Å². The van der Waals surface area contributed by atoms with Gasteiger partial charge in [0.2, 0.25) is 5.91 Å². The molecule has 0 radical (unpaired) electrons. The molecule has 0 saturated carbocycles. The smallest absolute Gasteiger partial charge is 0.318 e. The fraction of sp³-hybridized carbons (Fsp3) is 0.429. The summed E-state index contributed by atoms with van der Waals surface area (Å²) in [4.78, 5) is 24.0. The average Bonchev–Trinajstić information content (AvgIpc) is 2.42. The van der Waals surface area contributed by atoms with E-state index in [1.807, 2.05) is 18.2 Å². The Labute approximate surface area is 131 Å². The highest BCUT2D eigenvalue weighted by Gasteiger charge is 2.09. The number of nitrogens with two attached hydrogens (primary N) is 2. The highest BCUT2D eigenvalue weighted by Crippen LogP contribution is 2.02. The molecular formula is C14H23ClN4O2. The van der Waals surface area contributed by atoms with E-state index in [-0.39, 0.29) is 24.7 Å².